The molecule has 0 aromatic carbocycles. The highest BCUT2D eigenvalue weighted by Gasteiger charge is 2.23. The van der Waals surface area contributed by atoms with Gasteiger partial charge < -0.3 is 0 Å². The quantitative estimate of drug-likeness (QED) is 0.808. The summed E-state index contributed by atoms with van der Waals surface area (Å²) in [5.74, 6) is 0. The van der Waals surface area contributed by atoms with E-state index in [9.17, 15) is 8.42 Å². The summed E-state index contributed by atoms with van der Waals surface area (Å²) < 4.78 is 26.4. The summed E-state index contributed by atoms with van der Waals surface area (Å²) in [4.78, 5) is 0.206. The maximum absolute atomic E-state index is 11.9. The third-order valence-electron chi connectivity index (χ3n) is 2.18. The second-order valence-electron chi connectivity index (χ2n) is 4.48. The van der Waals surface area contributed by atoms with E-state index in [0.29, 0.717) is 12.2 Å². The van der Waals surface area contributed by atoms with Gasteiger partial charge in [0.15, 0.2) is 0 Å². The number of aryl methyl sites for hydroxylation is 1. The van der Waals surface area contributed by atoms with Gasteiger partial charge in [0.1, 0.15) is 4.90 Å². The fourth-order valence-corrected chi connectivity index (χ4v) is 2.60. The van der Waals surface area contributed by atoms with Crippen LogP contribution in [0.1, 0.15) is 19.5 Å². The van der Waals surface area contributed by atoms with Crippen LogP contribution in [0.3, 0.4) is 0 Å². The zero-order valence-electron chi connectivity index (χ0n) is 9.54. The lowest BCUT2D eigenvalue weighted by molar-refractivity contribution is 0.420. The molecule has 7 heteroatoms. The van der Waals surface area contributed by atoms with Crippen molar-refractivity contribution >= 4 is 26.0 Å². The van der Waals surface area contributed by atoms with Crippen LogP contribution < -0.4 is 4.72 Å². The van der Waals surface area contributed by atoms with Gasteiger partial charge in [0.25, 0.3) is 0 Å². The number of hydrogen-bond donors (Lipinski definition) is 2. The number of sulfonamides is 1. The molecule has 0 aliphatic heterocycles. The summed E-state index contributed by atoms with van der Waals surface area (Å²) in [7, 11) is -3.46. The van der Waals surface area contributed by atoms with E-state index in [1.54, 1.807) is 6.92 Å². The van der Waals surface area contributed by atoms with Gasteiger partial charge in [-0.3, -0.25) is 5.10 Å². The molecular formula is C9H16BrN3O2S. The summed E-state index contributed by atoms with van der Waals surface area (Å²) in [5.41, 5.74) is 0.425. The van der Waals surface area contributed by atoms with E-state index in [-0.39, 0.29) is 10.3 Å². The Hall–Kier alpha value is -0.400. The van der Waals surface area contributed by atoms with Gasteiger partial charge in [0.05, 0.1) is 11.9 Å². The average Bonchev–Trinajstić information content (AvgIpc) is 2.63. The van der Waals surface area contributed by atoms with Crippen LogP contribution in [0.5, 0.6) is 0 Å². The van der Waals surface area contributed by atoms with Crippen LogP contribution in [-0.4, -0.2) is 30.5 Å². The average molecular weight is 310 g/mol. The zero-order chi connectivity index (χ0) is 12.4. The van der Waals surface area contributed by atoms with Gasteiger partial charge in [0, 0.05) is 11.9 Å². The standard InChI is InChI=1S/C9H16BrN3O2S/c1-7-8(4-11-13-7)16(14,15)12-6-9(2,3)5-10/h4,12H,5-6H2,1-3H3,(H,11,13). The van der Waals surface area contributed by atoms with E-state index in [2.05, 4.69) is 30.8 Å². The van der Waals surface area contributed by atoms with Crippen molar-refractivity contribution in [3.8, 4) is 0 Å². The van der Waals surface area contributed by atoms with E-state index in [4.69, 9.17) is 0 Å². The minimum absolute atomic E-state index is 0.120. The molecule has 0 amide bonds. The van der Waals surface area contributed by atoms with E-state index in [1.165, 1.54) is 6.20 Å². The monoisotopic (exact) mass is 309 g/mol. The number of aromatic amines is 1. The van der Waals surface area contributed by atoms with Crippen molar-refractivity contribution in [1.29, 1.82) is 0 Å². The van der Waals surface area contributed by atoms with E-state index >= 15 is 0 Å². The van der Waals surface area contributed by atoms with Crippen LogP contribution in [0, 0.1) is 12.3 Å². The highest BCUT2D eigenvalue weighted by atomic mass is 79.9. The van der Waals surface area contributed by atoms with Crippen LogP contribution in [0.2, 0.25) is 0 Å². The fourth-order valence-electron chi connectivity index (χ4n) is 1.03. The molecule has 5 nitrogen and oxygen atoms in total. The number of hydrogen-bond acceptors (Lipinski definition) is 3. The van der Waals surface area contributed by atoms with E-state index < -0.39 is 10.0 Å². The Kier molecular flexibility index (Phi) is 4.14. The van der Waals surface area contributed by atoms with Crippen LogP contribution >= 0.6 is 15.9 Å². The number of aromatic nitrogens is 2. The van der Waals surface area contributed by atoms with Crippen molar-refractivity contribution in [2.24, 2.45) is 5.41 Å². The number of nitrogens with zero attached hydrogens (tertiary/aromatic N) is 1. The van der Waals surface area contributed by atoms with E-state index in [0.717, 1.165) is 5.33 Å². The van der Waals surface area contributed by atoms with Gasteiger partial charge in [-0.05, 0) is 12.3 Å². The van der Waals surface area contributed by atoms with Crippen LogP contribution in [-0.2, 0) is 10.0 Å². The number of rotatable bonds is 5. The van der Waals surface area contributed by atoms with Gasteiger partial charge in [0.2, 0.25) is 10.0 Å². The largest absolute Gasteiger partial charge is 0.281 e. The first kappa shape index (κ1) is 13.7. The molecule has 1 aromatic rings. The van der Waals surface area contributed by atoms with Crippen molar-refractivity contribution < 1.29 is 8.42 Å². The number of nitrogens with one attached hydrogen (secondary N) is 2. The molecule has 0 aliphatic rings. The molecule has 0 bridgehead atoms. The van der Waals surface area contributed by atoms with Crippen molar-refractivity contribution in [2.75, 3.05) is 11.9 Å². The summed E-state index contributed by atoms with van der Waals surface area (Å²) in [6, 6.07) is 0. The first-order valence-corrected chi connectivity index (χ1v) is 7.44. The normalized spacial score (nSPS) is 13.0. The summed E-state index contributed by atoms with van der Waals surface area (Å²) >= 11 is 3.35. The lowest BCUT2D eigenvalue weighted by Crippen LogP contribution is -2.35. The molecule has 0 unspecified atom stereocenters. The number of halogens is 1. The van der Waals surface area contributed by atoms with Crippen molar-refractivity contribution in [1.82, 2.24) is 14.9 Å². The number of H-pyrrole nitrogens is 1. The van der Waals surface area contributed by atoms with Gasteiger partial charge in [-0.25, -0.2) is 13.1 Å². The Morgan fingerprint density at radius 3 is 2.62 bits per heavy atom. The Balaban J connectivity index is 2.79. The molecule has 1 heterocycles. The lowest BCUT2D eigenvalue weighted by Gasteiger charge is -2.21. The Labute approximate surface area is 104 Å². The van der Waals surface area contributed by atoms with Gasteiger partial charge >= 0.3 is 0 Å². The Bertz CT molecular complexity index is 453. The third-order valence-corrected chi connectivity index (χ3v) is 5.21. The maximum Gasteiger partial charge on any atom is 0.243 e. The molecule has 0 atom stereocenters. The molecule has 0 saturated heterocycles. The van der Waals surface area contributed by atoms with Gasteiger partial charge in [-0.2, -0.15) is 5.10 Å². The van der Waals surface area contributed by atoms with Crippen LogP contribution in [0.15, 0.2) is 11.1 Å². The zero-order valence-corrected chi connectivity index (χ0v) is 11.9. The first-order valence-electron chi connectivity index (χ1n) is 4.84. The highest BCUT2D eigenvalue weighted by molar-refractivity contribution is 9.09. The second-order valence-corrected chi connectivity index (χ2v) is 6.78. The molecule has 0 radical (unpaired) electrons. The van der Waals surface area contributed by atoms with Crippen molar-refractivity contribution in [3.63, 3.8) is 0 Å². The minimum atomic E-state index is -3.46. The molecule has 92 valence electrons. The minimum Gasteiger partial charge on any atom is -0.281 e. The fraction of sp³-hybridized carbons (Fsp3) is 0.667. The topological polar surface area (TPSA) is 74.8 Å². The molecule has 0 spiro atoms. The summed E-state index contributed by atoms with van der Waals surface area (Å²) in [6.07, 6.45) is 1.32. The van der Waals surface area contributed by atoms with Crippen molar-refractivity contribution in [2.45, 2.75) is 25.7 Å². The molecule has 0 fully saturated rings. The molecule has 2 N–H and O–H groups in total. The molecule has 1 rings (SSSR count). The molecule has 0 saturated carbocycles. The first-order chi connectivity index (χ1) is 7.28. The highest BCUT2D eigenvalue weighted by Crippen LogP contribution is 2.18. The van der Waals surface area contributed by atoms with Crippen molar-refractivity contribution in [3.05, 3.63) is 11.9 Å². The van der Waals surface area contributed by atoms with Gasteiger partial charge in [-0.1, -0.05) is 29.8 Å². The van der Waals surface area contributed by atoms with Crippen LogP contribution in [0.4, 0.5) is 0 Å². The third kappa shape index (κ3) is 3.29. The molecule has 16 heavy (non-hydrogen) atoms. The lowest BCUT2D eigenvalue weighted by atomic mass is 9.98. The SMILES string of the molecule is Cc1[nH]ncc1S(=O)(=O)NCC(C)(C)CBr. The summed E-state index contributed by atoms with van der Waals surface area (Å²) in [6.45, 7) is 6.02. The molecule has 1 aromatic heterocycles. The molecule has 0 aliphatic carbocycles. The predicted molar refractivity (Wildman–Crippen MR) is 66.1 cm³/mol. The second kappa shape index (κ2) is 4.85. The summed E-state index contributed by atoms with van der Waals surface area (Å²) in [5, 5.41) is 7.04. The Morgan fingerprint density at radius 1 is 1.56 bits per heavy atom. The van der Waals surface area contributed by atoms with E-state index in [1.807, 2.05) is 13.8 Å². The molecular weight excluding hydrogens is 294 g/mol. The van der Waals surface area contributed by atoms with Crippen LogP contribution in [0.25, 0.3) is 0 Å². The predicted octanol–water partition coefficient (Wildman–Crippen LogP) is 1.42. The number of alkyl halides is 1. The Morgan fingerprint density at radius 2 is 2.19 bits per heavy atom. The smallest absolute Gasteiger partial charge is 0.243 e. The maximum atomic E-state index is 11.9. The van der Waals surface area contributed by atoms with Gasteiger partial charge in [-0.15, -0.1) is 0 Å².